The molecule has 1 rings (SSSR count). The van der Waals surface area contributed by atoms with Crippen LogP contribution in [-0.4, -0.2) is 23.3 Å². The van der Waals surface area contributed by atoms with Gasteiger partial charge in [-0.05, 0) is 54.4 Å². The Bertz CT molecular complexity index is 419. The average molecular weight is 301 g/mol. The lowest BCUT2D eigenvalue weighted by molar-refractivity contribution is 0.187. The molecule has 0 aliphatic heterocycles. The molecule has 0 aliphatic carbocycles. The summed E-state index contributed by atoms with van der Waals surface area (Å²) in [4.78, 5) is 11.7. The van der Waals surface area contributed by atoms with Crippen molar-refractivity contribution in [3.05, 3.63) is 28.2 Å². The summed E-state index contributed by atoms with van der Waals surface area (Å²) in [6.45, 7) is 5.33. The van der Waals surface area contributed by atoms with Crippen LogP contribution in [0.5, 0.6) is 0 Å². The van der Waals surface area contributed by atoms with Crippen LogP contribution in [0.4, 0.5) is 10.5 Å². The first-order valence-corrected chi connectivity index (χ1v) is 6.09. The molecule has 0 bridgehead atoms. The number of amides is 2. The van der Waals surface area contributed by atoms with Gasteiger partial charge in [0.1, 0.15) is 0 Å². The molecule has 0 atom stereocenters. The quantitative estimate of drug-likeness (QED) is 0.804. The fraction of sp³-hybridized carbons (Fsp3) is 0.417. The van der Waals surface area contributed by atoms with Gasteiger partial charge in [0.05, 0.1) is 17.8 Å². The summed E-state index contributed by atoms with van der Waals surface area (Å²) in [6.07, 6.45) is 0. The van der Waals surface area contributed by atoms with Crippen LogP contribution >= 0.6 is 15.9 Å². The molecular formula is C12H17BrN2O2. The van der Waals surface area contributed by atoms with E-state index in [1.54, 1.807) is 13.8 Å². The third-order valence-corrected chi connectivity index (χ3v) is 2.91. The van der Waals surface area contributed by atoms with Crippen LogP contribution in [0.2, 0.25) is 0 Å². The summed E-state index contributed by atoms with van der Waals surface area (Å²) in [5.74, 6) is 0. The summed E-state index contributed by atoms with van der Waals surface area (Å²) in [5, 5.41) is 14.5. The van der Waals surface area contributed by atoms with Crippen molar-refractivity contribution >= 4 is 27.6 Å². The Labute approximate surface area is 110 Å². The Balaban J connectivity index is 2.71. The van der Waals surface area contributed by atoms with Gasteiger partial charge in [0.15, 0.2) is 0 Å². The molecule has 17 heavy (non-hydrogen) atoms. The average Bonchev–Trinajstić information content (AvgIpc) is 2.23. The number of carbonyl (C=O) groups excluding carboxylic acids is 1. The normalized spacial score (nSPS) is 11.1. The second-order valence-electron chi connectivity index (χ2n) is 4.60. The second-order valence-corrected chi connectivity index (χ2v) is 5.46. The zero-order valence-electron chi connectivity index (χ0n) is 10.2. The van der Waals surface area contributed by atoms with Gasteiger partial charge in [-0.1, -0.05) is 6.07 Å². The third-order valence-electron chi connectivity index (χ3n) is 2.22. The highest BCUT2D eigenvalue weighted by molar-refractivity contribution is 9.10. The summed E-state index contributed by atoms with van der Waals surface area (Å²) in [6, 6.07) is 5.36. The molecule has 2 amide bonds. The van der Waals surface area contributed by atoms with Gasteiger partial charge in [0.25, 0.3) is 0 Å². The standard InChI is InChI=1S/C12H17BrN2O2/c1-8-4-5-9(13)10(6-8)14-11(17)15-12(2,3)7-16/h4-6,16H,7H2,1-3H3,(H2,14,15,17). The van der Waals surface area contributed by atoms with E-state index in [0.29, 0.717) is 5.69 Å². The van der Waals surface area contributed by atoms with Crippen molar-refractivity contribution in [3.63, 3.8) is 0 Å². The van der Waals surface area contributed by atoms with Gasteiger partial charge in [-0.2, -0.15) is 0 Å². The zero-order chi connectivity index (χ0) is 13.1. The van der Waals surface area contributed by atoms with Crippen molar-refractivity contribution in [2.24, 2.45) is 0 Å². The van der Waals surface area contributed by atoms with Crippen LogP contribution in [0.25, 0.3) is 0 Å². The Morgan fingerprint density at radius 2 is 2.12 bits per heavy atom. The van der Waals surface area contributed by atoms with E-state index in [-0.39, 0.29) is 12.6 Å². The number of hydrogen-bond acceptors (Lipinski definition) is 2. The maximum Gasteiger partial charge on any atom is 0.319 e. The smallest absolute Gasteiger partial charge is 0.319 e. The van der Waals surface area contributed by atoms with E-state index in [1.807, 2.05) is 25.1 Å². The number of anilines is 1. The first kappa shape index (κ1) is 14.0. The highest BCUT2D eigenvalue weighted by Gasteiger charge is 2.19. The number of aliphatic hydroxyl groups is 1. The lowest BCUT2D eigenvalue weighted by Crippen LogP contribution is -2.48. The highest BCUT2D eigenvalue weighted by Crippen LogP contribution is 2.23. The lowest BCUT2D eigenvalue weighted by atomic mass is 10.1. The molecule has 0 heterocycles. The van der Waals surface area contributed by atoms with E-state index in [9.17, 15) is 4.79 Å². The van der Waals surface area contributed by atoms with Crippen LogP contribution in [-0.2, 0) is 0 Å². The van der Waals surface area contributed by atoms with Crippen molar-refractivity contribution in [3.8, 4) is 0 Å². The van der Waals surface area contributed by atoms with Gasteiger partial charge in [0, 0.05) is 4.47 Å². The van der Waals surface area contributed by atoms with E-state index >= 15 is 0 Å². The van der Waals surface area contributed by atoms with Gasteiger partial charge >= 0.3 is 6.03 Å². The number of urea groups is 1. The SMILES string of the molecule is Cc1ccc(Br)c(NC(=O)NC(C)(C)CO)c1. The number of benzene rings is 1. The number of aryl methyl sites for hydroxylation is 1. The Hall–Kier alpha value is -1.07. The van der Waals surface area contributed by atoms with E-state index < -0.39 is 5.54 Å². The highest BCUT2D eigenvalue weighted by atomic mass is 79.9. The van der Waals surface area contributed by atoms with Crippen LogP contribution < -0.4 is 10.6 Å². The van der Waals surface area contributed by atoms with Crippen LogP contribution in [0.3, 0.4) is 0 Å². The first-order chi connectivity index (χ1) is 7.84. The predicted octanol–water partition coefficient (Wildman–Crippen LogP) is 2.65. The minimum absolute atomic E-state index is 0.116. The summed E-state index contributed by atoms with van der Waals surface area (Å²) in [5.41, 5.74) is 1.13. The van der Waals surface area contributed by atoms with Gasteiger partial charge < -0.3 is 15.7 Å². The van der Waals surface area contributed by atoms with Gasteiger partial charge in [-0.3, -0.25) is 0 Å². The van der Waals surface area contributed by atoms with Gasteiger partial charge in [-0.25, -0.2) is 4.79 Å². The molecule has 1 aromatic carbocycles. The molecule has 94 valence electrons. The van der Waals surface area contributed by atoms with E-state index in [1.165, 1.54) is 0 Å². The molecular weight excluding hydrogens is 284 g/mol. The molecule has 0 aromatic heterocycles. The van der Waals surface area contributed by atoms with Crippen molar-refractivity contribution in [1.82, 2.24) is 5.32 Å². The maximum atomic E-state index is 11.7. The molecule has 0 unspecified atom stereocenters. The Kier molecular flexibility index (Phi) is 4.54. The minimum Gasteiger partial charge on any atom is -0.394 e. The predicted molar refractivity (Wildman–Crippen MR) is 72.2 cm³/mol. The molecule has 4 nitrogen and oxygen atoms in total. The zero-order valence-corrected chi connectivity index (χ0v) is 11.8. The summed E-state index contributed by atoms with van der Waals surface area (Å²) < 4.78 is 0.819. The van der Waals surface area contributed by atoms with E-state index in [4.69, 9.17) is 5.11 Å². The topological polar surface area (TPSA) is 61.4 Å². The number of rotatable bonds is 3. The number of carbonyl (C=O) groups is 1. The fourth-order valence-corrected chi connectivity index (χ4v) is 1.58. The molecule has 3 N–H and O–H groups in total. The monoisotopic (exact) mass is 300 g/mol. The van der Waals surface area contributed by atoms with Crippen LogP contribution in [0.15, 0.2) is 22.7 Å². The van der Waals surface area contributed by atoms with Crippen LogP contribution in [0, 0.1) is 6.92 Å². The molecule has 0 spiro atoms. The lowest BCUT2D eigenvalue weighted by Gasteiger charge is -2.23. The van der Waals surface area contributed by atoms with Gasteiger partial charge in [-0.15, -0.1) is 0 Å². The molecule has 0 saturated heterocycles. The molecule has 5 heteroatoms. The Morgan fingerprint density at radius 1 is 1.47 bits per heavy atom. The fourth-order valence-electron chi connectivity index (χ4n) is 1.24. The largest absolute Gasteiger partial charge is 0.394 e. The third kappa shape index (κ3) is 4.36. The van der Waals surface area contributed by atoms with Crippen LogP contribution in [0.1, 0.15) is 19.4 Å². The number of nitrogens with one attached hydrogen (secondary N) is 2. The Morgan fingerprint density at radius 3 is 2.71 bits per heavy atom. The number of hydrogen-bond donors (Lipinski definition) is 3. The molecule has 0 fully saturated rings. The first-order valence-electron chi connectivity index (χ1n) is 5.30. The van der Waals surface area contributed by atoms with Crippen molar-refractivity contribution in [1.29, 1.82) is 0 Å². The van der Waals surface area contributed by atoms with Gasteiger partial charge in [0.2, 0.25) is 0 Å². The second kappa shape index (κ2) is 5.51. The van der Waals surface area contributed by atoms with Crippen molar-refractivity contribution in [2.45, 2.75) is 26.3 Å². The maximum absolute atomic E-state index is 11.7. The number of halogens is 1. The molecule has 1 aromatic rings. The minimum atomic E-state index is -0.639. The molecule has 0 saturated carbocycles. The summed E-state index contributed by atoms with van der Waals surface area (Å²) >= 11 is 3.36. The number of aliphatic hydroxyl groups excluding tert-OH is 1. The van der Waals surface area contributed by atoms with E-state index in [0.717, 1.165) is 10.0 Å². The summed E-state index contributed by atoms with van der Waals surface area (Å²) in [7, 11) is 0. The molecule has 0 aliphatic rings. The van der Waals surface area contributed by atoms with Crippen molar-refractivity contribution < 1.29 is 9.90 Å². The molecule has 0 radical (unpaired) electrons. The van der Waals surface area contributed by atoms with Crippen molar-refractivity contribution in [2.75, 3.05) is 11.9 Å². The van der Waals surface area contributed by atoms with E-state index in [2.05, 4.69) is 26.6 Å².